The first-order chi connectivity index (χ1) is 6.99. The number of rotatable bonds is 2. The van der Waals surface area contributed by atoms with Crippen LogP contribution in [0, 0.1) is 14.9 Å². The third-order valence-corrected chi connectivity index (χ3v) is 2.91. The van der Waals surface area contributed by atoms with Crippen molar-refractivity contribution >= 4 is 28.6 Å². The number of halogens is 3. The Balaban J connectivity index is 3.51. The minimum absolute atomic E-state index is 0.0887. The highest BCUT2D eigenvalue weighted by atomic mass is 127. The summed E-state index contributed by atoms with van der Waals surface area (Å²) >= 11 is 1.51. The van der Waals surface area contributed by atoms with Crippen LogP contribution in [0.1, 0.15) is 27.9 Å². The molecule has 0 spiro atoms. The van der Waals surface area contributed by atoms with E-state index in [4.69, 9.17) is 10.4 Å². The number of nitriles is 1. The van der Waals surface area contributed by atoms with Gasteiger partial charge < -0.3 is 5.11 Å². The Morgan fingerprint density at radius 2 is 2.13 bits per heavy atom. The fraction of sp³-hybridized carbons (Fsp3) is 0.111. The van der Waals surface area contributed by atoms with E-state index in [0.717, 1.165) is 12.1 Å². The number of hydrogen-bond acceptors (Lipinski definition) is 2. The highest BCUT2D eigenvalue weighted by Crippen LogP contribution is 2.30. The second kappa shape index (κ2) is 4.53. The SMILES string of the molecule is N#Cc1ccc(C(=O)O)c(I)c1C(F)F. The van der Waals surface area contributed by atoms with Crippen LogP contribution >= 0.6 is 22.6 Å². The Morgan fingerprint density at radius 3 is 2.53 bits per heavy atom. The second-order valence-electron chi connectivity index (χ2n) is 2.61. The van der Waals surface area contributed by atoms with Gasteiger partial charge >= 0.3 is 5.97 Å². The number of nitrogens with zero attached hydrogens (tertiary/aromatic N) is 1. The number of carboxylic acids is 1. The normalized spacial score (nSPS) is 10.1. The van der Waals surface area contributed by atoms with E-state index in [-0.39, 0.29) is 14.7 Å². The molecule has 78 valence electrons. The third kappa shape index (κ3) is 2.23. The van der Waals surface area contributed by atoms with Crippen molar-refractivity contribution in [1.29, 1.82) is 5.26 Å². The van der Waals surface area contributed by atoms with Crippen molar-refractivity contribution in [2.24, 2.45) is 0 Å². The lowest BCUT2D eigenvalue weighted by Gasteiger charge is -2.07. The molecule has 0 amide bonds. The number of hydrogen-bond donors (Lipinski definition) is 1. The largest absolute Gasteiger partial charge is 0.478 e. The fourth-order valence-corrected chi connectivity index (χ4v) is 2.01. The van der Waals surface area contributed by atoms with Gasteiger partial charge in [-0.1, -0.05) is 0 Å². The maximum absolute atomic E-state index is 12.6. The molecule has 15 heavy (non-hydrogen) atoms. The number of aromatic carboxylic acids is 1. The highest BCUT2D eigenvalue weighted by Gasteiger charge is 2.21. The van der Waals surface area contributed by atoms with Crippen molar-refractivity contribution in [1.82, 2.24) is 0 Å². The molecule has 0 aliphatic rings. The predicted molar refractivity (Wildman–Crippen MR) is 55.8 cm³/mol. The molecule has 0 radical (unpaired) electrons. The van der Waals surface area contributed by atoms with E-state index in [1.54, 1.807) is 6.07 Å². The van der Waals surface area contributed by atoms with E-state index in [9.17, 15) is 13.6 Å². The zero-order valence-corrected chi connectivity index (χ0v) is 9.33. The smallest absolute Gasteiger partial charge is 0.336 e. The lowest BCUT2D eigenvalue weighted by Crippen LogP contribution is -2.05. The molecule has 0 bridgehead atoms. The lowest BCUT2D eigenvalue weighted by atomic mass is 10.1. The van der Waals surface area contributed by atoms with Crippen LogP contribution in [0.25, 0.3) is 0 Å². The highest BCUT2D eigenvalue weighted by molar-refractivity contribution is 14.1. The summed E-state index contributed by atoms with van der Waals surface area (Å²) in [5, 5.41) is 17.3. The van der Waals surface area contributed by atoms with Gasteiger partial charge in [0.2, 0.25) is 0 Å². The molecular formula is C9H4F2INO2. The standard InChI is InChI=1S/C9H4F2INO2/c10-8(11)6-4(3-13)1-2-5(7(6)12)9(14)15/h1-2,8H,(H,14,15). The average Bonchev–Trinajstić information content (AvgIpc) is 2.15. The summed E-state index contributed by atoms with van der Waals surface area (Å²) in [7, 11) is 0. The Labute approximate surface area is 97.5 Å². The molecule has 0 aromatic heterocycles. The molecule has 0 aliphatic heterocycles. The van der Waals surface area contributed by atoms with E-state index < -0.39 is 18.0 Å². The van der Waals surface area contributed by atoms with Gasteiger partial charge in [-0.2, -0.15) is 5.26 Å². The molecule has 0 aliphatic carbocycles. The van der Waals surface area contributed by atoms with Crippen molar-refractivity contribution in [3.63, 3.8) is 0 Å². The molecule has 3 nitrogen and oxygen atoms in total. The molecular weight excluding hydrogens is 319 g/mol. The third-order valence-electron chi connectivity index (χ3n) is 1.75. The first kappa shape index (κ1) is 11.8. The van der Waals surface area contributed by atoms with Crippen LogP contribution in [-0.4, -0.2) is 11.1 Å². The van der Waals surface area contributed by atoms with Crippen LogP contribution in [0.3, 0.4) is 0 Å². The Bertz CT molecular complexity index is 454. The van der Waals surface area contributed by atoms with Crippen LogP contribution in [-0.2, 0) is 0 Å². The molecule has 0 atom stereocenters. The summed E-state index contributed by atoms with van der Waals surface area (Å²) in [6.07, 6.45) is -2.86. The van der Waals surface area contributed by atoms with Gasteiger partial charge in [0.25, 0.3) is 6.43 Å². The minimum Gasteiger partial charge on any atom is -0.478 e. The molecule has 0 heterocycles. The summed E-state index contributed by atoms with van der Waals surface area (Å²) in [5.41, 5.74) is -0.928. The number of carboxylic acid groups (broad SMARTS) is 1. The van der Waals surface area contributed by atoms with Crippen LogP contribution in [0.4, 0.5) is 8.78 Å². The maximum Gasteiger partial charge on any atom is 0.336 e. The van der Waals surface area contributed by atoms with Crippen LogP contribution in [0.15, 0.2) is 12.1 Å². The van der Waals surface area contributed by atoms with Crippen molar-refractivity contribution in [2.45, 2.75) is 6.43 Å². The summed E-state index contributed by atoms with van der Waals surface area (Å²) < 4.78 is 25.1. The Morgan fingerprint density at radius 1 is 1.53 bits per heavy atom. The summed E-state index contributed by atoms with van der Waals surface area (Å²) in [5.74, 6) is -1.29. The second-order valence-corrected chi connectivity index (χ2v) is 3.68. The number of benzene rings is 1. The van der Waals surface area contributed by atoms with Crippen molar-refractivity contribution in [3.8, 4) is 6.07 Å². The zero-order chi connectivity index (χ0) is 11.6. The number of alkyl halides is 2. The molecule has 0 unspecified atom stereocenters. The van der Waals surface area contributed by atoms with Gasteiger partial charge in [0.1, 0.15) is 0 Å². The van der Waals surface area contributed by atoms with Gasteiger partial charge in [-0.15, -0.1) is 0 Å². The molecule has 1 aromatic carbocycles. The van der Waals surface area contributed by atoms with Crippen molar-refractivity contribution in [3.05, 3.63) is 32.4 Å². The summed E-state index contributed by atoms with van der Waals surface area (Å²) in [6, 6.07) is 3.84. The monoisotopic (exact) mass is 323 g/mol. The lowest BCUT2D eigenvalue weighted by molar-refractivity contribution is 0.0695. The summed E-state index contributed by atoms with van der Waals surface area (Å²) in [4.78, 5) is 10.7. The topological polar surface area (TPSA) is 61.1 Å². The van der Waals surface area contributed by atoms with Gasteiger partial charge in [-0.3, -0.25) is 0 Å². The van der Waals surface area contributed by atoms with E-state index in [0.29, 0.717) is 0 Å². The predicted octanol–water partition coefficient (Wildman–Crippen LogP) is 2.80. The molecule has 6 heteroatoms. The Kier molecular flexibility index (Phi) is 3.57. The van der Waals surface area contributed by atoms with E-state index in [1.807, 2.05) is 0 Å². The Hall–Kier alpha value is -1.23. The molecule has 1 aromatic rings. The van der Waals surface area contributed by atoms with E-state index in [2.05, 4.69) is 0 Å². The van der Waals surface area contributed by atoms with Gasteiger partial charge in [0.15, 0.2) is 0 Å². The average molecular weight is 323 g/mol. The molecule has 0 saturated heterocycles. The quantitative estimate of drug-likeness (QED) is 0.852. The van der Waals surface area contributed by atoms with Gasteiger partial charge in [-0.25, -0.2) is 13.6 Å². The first-order valence-electron chi connectivity index (χ1n) is 3.73. The van der Waals surface area contributed by atoms with Gasteiger partial charge in [0, 0.05) is 9.13 Å². The minimum atomic E-state index is -2.86. The van der Waals surface area contributed by atoms with Gasteiger partial charge in [0.05, 0.1) is 17.2 Å². The first-order valence-corrected chi connectivity index (χ1v) is 4.80. The van der Waals surface area contributed by atoms with E-state index in [1.165, 1.54) is 22.6 Å². The van der Waals surface area contributed by atoms with Crippen LogP contribution in [0.2, 0.25) is 0 Å². The van der Waals surface area contributed by atoms with Gasteiger partial charge in [-0.05, 0) is 34.7 Å². The zero-order valence-electron chi connectivity index (χ0n) is 7.17. The van der Waals surface area contributed by atoms with Crippen molar-refractivity contribution < 1.29 is 18.7 Å². The van der Waals surface area contributed by atoms with Crippen molar-refractivity contribution in [2.75, 3.05) is 0 Å². The molecule has 1 N–H and O–H groups in total. The molecule has 0 fully saturated rings. The number of carbonyl (C=O) groups is 1. The molecule has 1 rings (SSSR count). The van der Waals surface area contributed by atoms with E-state index >= 15 is 0 Å². The maximum atomic E-state index is 12.6. The van der Waals surface area contributed by atoms with Crippen LogP contribution in [0.5, 0.6) is 0 Å². The fourth-order valence-electron chi connectivity index (χ4n) is 1.07. The molecule has 0 saturated carbocycles. The summed E-state index contributed by atoms with van der Waals surface area (Å²) in [6.45, 7) is 0. The van der Waals surface area contributed by atoms with Crippen LogP contribution < -0.4 is 0 Å².